The summed E-state index contributed by atoms with van der Waals surface area (Å²) in [4.78, 5) is 28.5. The van der Waals surface area contributed by atoms with Crippen LogP contribution in [-0.2, 0) is 16.1 Å². The number of carbonyl (C=O) groups excluding carboxylic acids is 2. The van der Waals surface area contributed by atoms with E-state index in [0.29, 0.717) is 13.0 Å². The zero-order valence-electron chi connectivity index (χ0n) is 22.7. The molecular weight excluding hydrogens is 466 g/mol. The maximum absolute atomic E-state index is 13.1. The minimum Gasteiger partial charge on any atom is -0.444 e. The van der Waals surface area contributed by atoms with Gasteiger partial charge in [0, 0.05) is 31.1 Å². The molecule has 0 aromatic heterocycles. The van der Waals surface area contributed by atoms with Gasteiger partial charge in [0.15, 0.2) is 0 Å². The summed E-state index contributed by atoms with van der Waals surface area (Å²) in [5, 5.41) is 16.1. The maximum atomic E-state index is 13.1. The number of nitrogens with one attached hydrogen (secondary N) is 2. The number of hydrogen-bond donors (Lipinski definition) is 3. The molecule has 4 atom stereocenters. The van der Waals surface area contributed by atoms with Crippen molar-refractivity contribution in [1.29, 1.82) is 0 Å². The predicted octanol–water partition coefficient (Wildman–Crippen LogP) is 4.67. The number of likely N-dealkylation sites (tertiary alicyclic amines) is 1. The number of nitrogens with zero attached hydrogens (tertiary/aromatic N) is 1. The fraction of sp³-hybridized carbons (Fsp3) is 0.533. The summed E-state index contributed by atoms with van der Waals surface area (Å²) in [6, 6.07) is 19.2. The van der Waals surface area contributed by atoms with Crippen molar-refractivity contribution >= 4 is 12.0 Å². The standard InChI is InChI=1S/C30H43N3O4/c1-5-6-17-26(25(20-34)28(35)31-22(2)24-15-11-8-12-16-24)32-29(36)37-27-19-33(21-30(27,3)4)18-23-13-9-7-10-14-23/h7-16,22,25-27,34H,5-6,17-21H2,1-4H3,(H,31,35)(H,32,36)/t22-,25?,26+,27-/m1/s1. The Morgan fingerprint density at radius 3 is 2.35 bits per heavy atom. The van der Waals surface area contributed by atoms with Gasteiger partial charge in [-0.1, -0.05) is 94.3 Å². The average Bonchev–Trinajstić information content (AvgIpc) is 3.15. The van der Waals surface area contributed by atoms with Gasteiger partial charge in [-0.2, -0.15) is 0 Å². The molecule has 7 nitrogen and oxygen atoms in total. The predicted molar refractivity (Wildman–Crippen MR) is 146 cm³/mol. The molecule has 2 aromatic carbocycles. The van der Waals surface area contributed by atoms with Crippen LogP contribution in [-0.4, -0.2) is 53.8 Å². The Morgan fingerprint density at radius 1 is 1.08 bits per heavy atom. The van der Waals surface area contributed by atoms with Crippen molar-refractivity contribution in [1.82, 2.24) is 15.5 Å². The first-order valence-electron chi connectivity index (χ1n) is 13.4. The van der Waals surface area contributed by atoms with E-state index >= 15 is 0 Å². The van der Waals surface area contributed by atoms with Crippen LogP contribution in [0.1, 0.15) is 64.1 Å². The lowest BCUT2D eigenvalue weighted by Gasteiger charge is -2.29. The Bertz CT molecular complexity index is 983. The van der Waals surface area contributed by atoms with E-state index in [1.165, 1.54) is 5.56 Å². The van der Waals surface area contributed by atoms with E-state index in [9.17, 15) is 14.7 Å². The first kappa shape index (κ1) is 28.7. The van der Waals surface area contributed by atoms with E-state index in [4.69, 9.17) is 4.74 Å². The number of alkyl carbamates (subject to hydrolysis) is 1. The third kappa shape index (κ3) is 8.30. The Labute approximate surface area is 221 Å². The fourth-order valence-corrected chi connectivity index (χ4v) is 5.03. The molecule has 1 unspecified atom stereocenters. The lowest BCUT2D eigenvalue weighted by atomic mass is 9.90. The second kappa shape index (κ2) is 13.6. The van der Waals surface area contributed by atoms with Gasteiger partial charge in [-0.3, -0.25) is 9.69 Å². The molecule has 0 saturated carbocycles. The van der Waals surface area contributed by atoms with Crippen LogP contribution in [0.3, 0.4) is 0 Å². The summed E-state index contributed by atoms with van der Waals surface area (Å²) in [6.45, 7) is 10.1. The number of unbranched alkanes of at least 4 members (excludes halogenated alkanes) is 1. The van der Waals surface area contributed by atoms with E-state index < -0.39 is 18.1 Å². The molecule has 1 aliphatic heterocycles. The molecule has 7 heteroatoms. The van der Waals surface area contributed by atoms with E-state index in [-0.39, 0.29) is 30.1 Å². The van der Waals surface area contributed by atoms with E-state index in [2.05, 4.69) is 48.4 Å². The van der Waals surface area contributed by atoms with Crippen molar-refractivity contribution in [3.05, 3.63) is 71.8 Å². The normalized spacial score (nSPS) is 19.5. The van der Waals surface area contributed by atoms with Crippen LogP contribution in [0.2, 0.25) is 0 Å². The second-order valence-electron chi connectivity index (χ2n) is 10.9. The zero-order valence-corrected chi connectivity index (χ0v) is 22.7. The molecule has 1 heterocycles. The molecule has 37 heavy (non-hydrogen) atoms. The third-order valence-corrected chi connectivity index (χ3v) is 7.27. The van der Waals surface area contributed by atoms with Crippen LogP contribution in [0.25, 0.3) is 0 Å². The van der Waals surface area contributed by atoms with Gasteiger partial charge in [0.2, 0.25) is 5.91 Å². The summed E-state index contributed by atoms with van der Waals surface area (Å²) >= 11 is 0. The monoisotopic (exact) mass is 509 g/mol. The highest BCUT2D eigenvalue weighted by Crippen LogP contribution is 2.33. The first-order chi connectivity index (χ1) is 17.7. The van der Waals surface area contributed by atoms with Gasteiger partial charge < -0.3 is 20.5 Å². The Kier molecular flexibility index (Phi) is 10.5. The largest absolute Gasteiger partial charge is 0.444 e. The molecule has 0 radical (unpaired) electrons. The van der Waals surface area contributed by atoms with Crippen molar-refractivity contribution in [3.8, 4) is 0 Å². The van der Waals surface area contributed by atoms with E-state index in [0.717, 1.165) is 31.5 Å². The zero-order chi connectivity index (χ0) is 26.8. The number of benzene rings is 2. The van der Waals surface area contributed by atoms with Crippen LogP contribution in [0.15, 0.2) is 60.7 Å². The number of amides is 2. The molecule has 1 aliphatic rings. The Morgan fingerprint density at radius 2 is 1.73 bits per heavy atom. The van der Waals surface area contributed by atoms with Gasteiger partial charge in [-0.05, 0) is 24.5 Å². The molecule has 3 rings (SSSR count). The van der Waals surface area contributed by atoms with Crippen molar-refractivity contribution in [2.24, 2.45) is 11.3 Å². The van der Waals surface area contributed by atoms with Gasteiger partial charge in [-0.25, -0.2) is 4.79 Å². The number of rotatable bonds is 12. The van der Waals surface area contributed by atoms with Crippen LogP contribution in [0, 0.1) is 11.3 Å². The lowest BCUT2D eigenvalue weighted by molar-refractivity contribution is -0.128. The topological polar surface area (TPSA) is 90.9 Å². The minimum absolute atomic E-state index is 0.204. The van der Waals surface area contributed by atoms with Crippen molar-refractivity contribution in [2.45, 2.75) is 71.7 Å². The lowest BCUT2D eigenvalue weighted by Crippen LogP contribution is -2.50. The number of carbonyl (C=O) groups is 2. The highest BCUT2D eigenvalue weighted by Gasteiger charge is 2.42. The smallest absolute Gasteiger partial charge is 0.407 e. The molecular formula is C30H43N3O4. The quantitative estimate of drug-likeness (QED) is 0.387. The minimum atomic E-state index is -0.767. The molecule has 0 aliphatic carbocycles. The molecule has 0 spiro atoms. The Balaban J connectivity index is 1.61. The van der Waals surface area contributed by atoms with Gasteiger partial charge in [-0.15, -0.1) is 0 Å². The summed E-state index contributed by atoms with van der Waals surface area (Å²) < 4.78 is 5.92. The van der Waals surface area contributed by atoms with E-state index in [1.54, 1.807) is 0 Å². The summed E-state index contributed by atoms with van der Waals surface area (Å²) in [5.74, 6) is -1.05. The number of aliphatic hydroxyl groups is 1. The van der Waals surface area contributed by atoms with Crippen molar-refractivity contribution in [2.75, 3.05) is 19.7 Å². The molecule has 1 saturated heterocycles. The van der Waals surface area contributed by atoms with Crippen LogP contribution in [0.5, 0.6) is 0 Å². The van der Waals surface area contributed by atoms with Gasteiger partial charge in [0.05, 0.1) is 18.6 Å². The summed E-state index contributed by atoms with van der Waals surface area (Å²) in [5.41, 5.74) is 2.00. The van der Waals surface area contributed by atoms with Gasteiger partial charge >= 0.3 is 6.09 Å². The van der Waals surface area contributed by atoms with Crippen LogP contribution >= 0.6 is 0 Å². The molecule has 3 N–H and O–H groups in total. The molecule has 202 valence electrons. The Hall–Kier alpha value is -2.90. The number of ether oxygens (including phenoxy) is 1. The SMILES string of the molecule is CCCC[C@H](NC(=O)O[C@@H]1CN(Cc2ccccc2)CC1(C)C)C(CO)C(=O)N[C@H](C)c1ccccc1. The summed E-state index contributed by atoms with van der Waals surface area (Å²) in [7, 11) is 0. The number of hydrogen-bond acceptors (Lipinski definition) is 5. The van der Waals surface area contributed by atoms with Gasteiger partial charge in [0.25, 0.3) is 0 Å². The van der Waals surface area contributed by atoms with Crippen LogP contribution < -0.4 is 10.6 Å². The fourth-order valence-electron chi connectivity index (χ4n) is 5.03. The summed E-state index contributed by atoms with van der Waals surface area (Å²) in [6.07, 6.45) is 1.50. The van der Waals surface area contributed by atoms with Crippen molar-refractivity contribution < 1.29 is 19.4 Å². The van der Waals surface area contributed by atoms with E-state index in [1.807, 2.05) is 55.5 Å². The molecule has 0 bridgehead atoms. The number of aliphatic hydroxyl groups excluding tert-OH is 1. The maximum Gasteiger partial charge on any atom is 0.407 e. The molecule has 1 fully saturated rings. The third-order valence-electron chi connectivity index (χ3n) is 7.27. The van der Waals surface area contributed by atoms with Crippen LogP contribution in [0.4, 0.5) is 4.79 Å². The highest BCUT2D eigenvalue weighted by molar-refractivity contribution is 5.81. The average molecular weight is 510 g/mol. The second-order valence-corrected chi connectivity index (χ2v) is 10.9. The van der Waals surface area contributed by atoms with Gasteiger partial charge in [0.1, 0.15) is 6.10 Å². The first-order valence-corrected chi connectivity index (χ1v) is 13.4. The highest BCUT2D eigenvalue weighted by atomic mass is 16.6. The molecule has 2 aromatic rings. The van der Waals surface area contributed by atoms with Crippen molar-refractivity contribution in [3.63, 3.8) is 0 Å². The molecule has 2 amide bonds.